The van der Waals surface area contributed by atoms with E-state index in [1.807, 2.05) is 19.3 Å². The Hall–Kier alpha value is -1.00. The fourth-order valence-corrected chi connectivity index (χ4v) is 3.04. The second-order valence-electron chi connectivity index (χ2n) is 5.79. The molecule has 0 unspecified atom stereocenters. The Bertz CT molecular complexity index is 390. The summed E-state index contributed by atoms with van der Waals surface area (Å²) >= 11 is 0. The molecule has 4 heteroatoms. The summed E-state index contributed by atoms with van der Waals surface area (Å²) in [7, 11) is 2.21. The highest BCUT2D eigenvalue weighted by Crippen LogP contribution is 2.22. The van der Waals surface area contributed by atoms with Gasteiger partial charge < -0.3 is 4.90 Å². The van der Waals surface area contributed by atoms with Gasteiger partial charge >= 0.3 is 0 Å². The van der Waals surface area contributed by atoms with E-state index in [1.54, 1.807) is 0 Å². The summed E-state index contributed by atoms with van der Waals surface area (Å²) < 4.78 is 0. The molecule has 1 saturated heterocycles. The van der Waals surface area contributed by atoms with Gasteiger partial charge in [-0.15, -0.1) is 0 Å². The van der Waals surface area contributed by atoms with E-state index < -0.39 is 0 Å². The molecule has 2 heterocycles. The molecule has 0 amide bonds. The van der Waals surface area contributed by atoms with Gasteiger partial charge in [-0.1, -0.05) is 13.8 Å². The number of piperidine rings is 1. The largest absolute Gasteiger partial charge is 0.303 e. The predicted octanol–water partition coefficient (Wildman–Crippen LogP) is 1.95. The highest BCUT2D eigenvalue weighted by atomic mass is 15.2. The highest BCUT2D eigenvalue weighted by Gasteiger charge is 2.28. The maximum Gasteiger partial charge on any atom is 0.0727 e. The lowest BCUT2D eigenvalue weighted by Gasteiger charge is -2.40. The van der Waals surface area contributed by atoms with Gasteiger partial charge in [0, 0.05) is 31.5 Å². The molecule has 19 heavy (non-hydrogen) atoms. The predicted molar refractivity (Wildman–Crippen MR) is 77.9 cm³/mol. The van der Waals surface area contributed by atoms with Crippen LogP contribution in [0.25, 0.3) is 0 Å². The van der Waals surface area contributed by atoms with Gasteiger partial charge in [0.1, 0.15) is 0 Å². The molecular weight excluding hydrogens is 236 g/mol. The first kappa shape index (κ1) is 14.4. The smallest absolute Gasteiger partial charge is 0.0727 e. The van der Waals surface area contributed by atoms with Gasteiger partial charge in [-0.2, -0.15) is 0 Å². The van der Waals surface area contributed by atoms with Crippen molar-refractivity contribution >= 4 is 0 Å². The molecular formula is C15H26N4. The van der Waals surface area contributed by atoms with Crippen molar-refractivity contribution in [1.29, 1.82) is 0 Å². The zero-order chi connectivity index (χ0) is 13.8. The van der Waals surface area contributed by atoms with Crippen molar-refractivity contribution in [1.82, 2.24) is 19.8 Å². The van der Waals surface area contributed by atoms with Crippen molar-refractivity contribution in [3.63, 3.8) is 0 Å². The average molecular weight is 262 g/mol. The molecule has 0 bridgehead atoms. The lowest BCUT2D eigenvalue weighted by molar-refractivity contribution is 0.0779. The Morgan fingerprint density at radius 2 is 2.16 bits per heavy atom. The molecule has 2 rings (SSSR count). The van der Waals surface area contributed by atoms with Crippen LogP contribution in [0.4, 0.5) is 0 Å². The SMILES string of the molecule is CCN1CC[C@@H](N(C)Cc2cnc(C)cn2)[C@H](C)C1. The fraction of sp³-hybridized carbons (Fsp3) is 0.733. The third-order valence-electron chi connectivity index (χ3n) is 4.20. The molecule has 0 aliphatic carbocycles. The van der Waals surface area contributed by atoms with Crippen LogP contribution < -0.4 is 0 Å². The second-order valence-corrected chi connectivity index (χ2v) is 5.79. The number of hydrogen-bond acceptors (Lipinski definition) is 4. The maximum atomic E-state index is 4.45. The van der Waals surface area contributed by atoms with Crippen LogP contribution in [0.5, 0.6) is 0 Å². The van der Waals surface area contributed by atoms with Gasteiger partial charge in [0.15, 0.2) is 0 Å². The maximum absolute atomic E-state index is 4.45. The summed E-state index contributed by atoms with van der Waals surface area (Å²) in [6.45, 7) is 11.1. The third-order valence-corrected chi connectivity index (χ3v) is 4.20. The monoisotopic (exact) mass is 262 g/mol. The van der Waals surface area contributed by atoms with E-state index in [2.05, 4.69) is 40.7 Å². The second kappa shape index (κ2) is 6.44. The molecule has 0 saturated carbocycles. The lowest BCUT2D eigenvalue weighted by Crippen LogP contribution is -2.48. The van der Waals surface area contributed by atoms with Crippen LogP contribution in [0.2, 0.25) is 0 Å². The quantitative estimate of drug-likeness (QED) is 0.830. The molecule has 106 valence electrons. The number of rotatable bonds is 4. The molecule has 1 aliphatic rings. The van der Waals surface area contributed by atoms with Gasteiger partial charge in [-0.05, 0) is 39.4 Å². The van der Waals surface area contributed by atoms with Crippen LogP contribution in [0, 0.1) is 12.8 Å². The number of aromatic nitrogens is 2. The van der Waals surface area contributed by atoms with Crippen molar-refractivity contribution in [2.24, 2.45) is 5.92 Å². The fourth-order valence-electron chi connectivity index (χ4n) is 3.04. The summed E-state index contributed by atoms with van der Waals surface area (Å²) in [5.41, 5.74) is 2.05. The van der Waals surface area contributed by atoms with Crippen LogP contribution in [-0.2, 0) is 6.54 Å². The minimum Gasteiger partial charge on any atom is -0.303 e. The van der Waals surface area contributed by atoms with Crippen molar-refractivity contribution in [3.8, 4) is 0 Å². The molecule has 1 aromatic rings. The number of aryl methyl sites for hydroxylation is 1. The molecule has 0 N–H and O–H groups in total. The Morgan fingerprint density at radius 3 is 2.74 bits per heavy atom. The highest BCUT2D eigenvalue weighted by molar-refractivity contribution is 5.01. The Labute approximate surface area is 116 Å². The van der Waals surface area contributed by atoms with E-state index in [0.717, 1.165) is 23.9 Å². The zero-order valence-corrected chi connectivity index (χ0v) is 12.6. The van der Waals surface area contributed by atoms with Gasteiger partial charge in [0.2, 0.25) is 0 Å². The Kier molecular flexibility index (Phi) is 4.88. The van der Waals surface area contributed by atoms with E-state index in [4.69, 9.17) is 0 Å². The molecule has 0 spiro atoms. The molecule has 0 radical (unpaired) electrons. The summed E-state index contributed by atoms with van der Waals surface area (Å²) in [6, 6.07) is 0.658. The summed E-state index contributed by atoms with van der Waals surface area (Å²) in [5, 5.41) is 0. The van der Waals surface area contributed by atoms with Crippen LogP contribution in [0.3, 0.4) is 0 Å². The summed E-state index contributed by atoms with van der Waals surface area (Å²) in [6.07, 6.45) is 5.01. The first-order chi connectivity index (χ1) is 9.10. The molecule has 1 aromatic heterocycles. The van der Waals surface area contributed by atoms with Crippen LogP contribution in [-0.4, -0.2) is 52.5 Å². The summed E-state index contributed by atoms with van der Waals surface area (Å²) in [5.74, 6) is 0.720. The Balaban J connectivity index is 1.92. The van der Waals surface area contributed by atoms with Crippen LogP contribution in [0.1, 0.15) is 31.7 Å². The van der Waals surface area contributed by atoms with Gasteiger partial charge in [0.05, 0.1) is 11.4 Å². The van der Waals surface area contributed by atoms with Crippen molar-refractivity contribution in [3.05, 3.63) is 23.8 Å². The van der Waals surface area contributed by atoms with E-state index in [9.17, 15) is 0 Å². The minimum absolute atomic E-state index is 0.658. The molecule has 4 nitrogen and oxygen atoms in total. The van der Waals surface area contributed by atoms with E-state index in [1.165, 1.54) is 26.1 Å². The van der Waals surface area contributed by atoms with Crippen molar-refractivity contribution in [2.45, 2.75) is 39.8 Å². The lowest BCUT2D eigenvalue weighted by atomic mass is 9.92. The number of nitrogens with zero attached hydrogens (tertiary/aromatic N) is 4. The van der Waals surface area contributed by atoms with Gasteiger partial charge in [-0.3, -0.25) is 14.9 Å². The molecule has 1 fully saturated rings. The minimum atomic E-state index is 0.658. The standard InChI is InChI=1S/C15H26N4/c1-5-19-7-6-15(12(2)10-19)18(4)11-14-9-16-13(3)8-17-14/h8-9,12,15H,5-7,10-11H2,1-4H3/t12-,15-/m1/s1. The first-order valence-electron chi connectivity index (χ1n) is 7.30. The van der Waals surface area contributed by atoms with E-state index >= 15 is 0 Å². The topological polar surface area (TPSA) is 32.3 Å². The normalized spacial score (nSPS) is 24.9. The zero-order valence-electron chi connectivity index (χ0n) is 12.6. The van der Waals surface area contributed by atoms with Crippen LogP contribution in [0.15, 0.2) is 12.4 Å². The van der Waals surface area contributed by atoms with Gasteiger partial charge in [0.25, 0.3) is 0 Å². The van der Waals surface area contributed by atoms with E-state index in [0.29, 0.717) is 6.04 Å². The van der Waals surface area contributed by atoms with E-state index in [-0.39, 0.29) is 0 Å². The number of likely N-dealkylation sites (tertiary alicyclic amines) is 1. The third kappa shape index (κ3) is 3.74. The summed E-state index contributed by atoms with van der Waals surface area (Å²) in [4.78, 5) is 13.8. The van der Waals surface area contributed by atoms with Crippen molar-refractivity contribution < 1.29 is 0 Å². The van der Waals surface area contributed by atoms with Gasteiger partial charge in [-0.25, -0.2) is 0 Å². The van der Waals surface area contributed by atoms with Crippen LogP contribution >= 0.6 is 0 Å². The molecule has 1 aliphatic heterocycles. The average Bonchev–Trinajstić information content (AvgIpc) is 2.41. The first-order valence-corrected chi connectivity index (χ1v) is 7.30. The molecule has 2 atom stereocenters. The Morgan fingerprint density at radius 1 is 1.37 bits per heavy atom. The molecule has 0 aromatic carbocycles. The van der Waals surface area contributed by atoms with Crippen molar-refractivity contribution in [2.75, 3.05) is 26.7 Å². The number of hydrogen-bond donors (Lipinski definition) is 0.